The molecule has 0 atom stereocenters. The number of benzene rings is 10. The van der Waals surface area contributed by atoms with Crippen LogP contribution in [0.4, 0.5) is 0 Å². The Morgan fingerprint density at radius 1 is 0.348 bits per heavy atom. The van der Waals surface area contributed by atoms with E-state index in [2.05, 4.69) is 202 Å². The van der Waals surface area contributed by atoms with E-state index in [1.54, 1.807) is 0 Å². The third-order valence-corrected chi connectivity index (χ3v) is 14.0. The Morgan fingerprint density at radius 2 is 0.797 bits per heavy atom. The van der Waals surface area contributed by atoms with Gasteiger partial charge in [-0.2, -0.15) is 0 Å². The number of rotatable bonds is 3. The zero-order valence-electron chi connectivity index (χ0n) is 36.9. The summed E-state index contributed by atoms with van der Waals surface area (Å²) in [6.07, 6.45) is 0. The molecule has 10 aromatic carbocycles. The number of nitrogens with one attached hydrogen (secondary N) is 1. The second kappa shape index (κ2) is 18.2. The lowest BCUT2D eigenvalue weighted by Crippen LogP contribution is -1.94. The van der Waals surface area contributed by atoms with Crippen LogP contribution in [0.2, 0.25) is 10.0 Å². The van der Waals surface area contributed by atoms with Crippen molar-refractivity contribution in [1.29, 1.82) is 0 Å². The zero-order chi connectivity index (χ0) is 46.4. The molecule has 0 aliphatic heterocycles. The minimum absolute atomic E-state index is 0.733. The van der Waals surface area contributed by atoms with E-state index in [1.807, 2.05) is 60.7 Å². The van der Waals surface area contributed by atoms with Crippen molar-refractivity contribution in [2.75, 3.05) is 0 Å². The van der Waals surface area contributed by atoms with Gasteiger partial charge in [-0.15, -0.1) is 0 Å². The van der Waals surface area contributed by atoms with Crippen molar-refractivity contribution >= 4 is 133 Å². The Morgan fingerprint density at radius 3 is 1.36 bits per heavy atom. The summed E-state index contributed by atoms with van der Waals surface area (Å²) < 4.78 is 3.61. The average Bonchev–Trinajstić information content (AvgIpc) is 3.91. The van der Waals surface area contributed by atoms with Gasteiger partial charge in [-0.05, 0) is 118 Å². The van der Waals surface area contributed by atoms with Gasteiger partial charge < -0.3 is 9.55 Å². The Balaban J connectivity index is 0.000000127. The second-order valence-electron chi connectivity index (χ2n) is 17.0. The summed E-state index contributed by atoms with van der Waals surface area (Å²) in [5.74, 6) is 0. The number of para-hydroxylation sites is 1. The van der Waals surface area contributed by atoms with E-state index in [9.17, 15) is 0 Å². The summed E-state index contributed by atoms with van der Waals surface area (Å²) in [6, 6.07) is 79.5. The van der Waals surface area contributed by atoms with Gasteiger partial charge >= 0.3 is 0 Å². The topological polar surface area (TPSA) is 46.5 Å². The van der Waals surface area contributed by atoms with Gasteiger partial charge in [-0.1, -0.05) is 169 Å². The van der Waals surface area contributed by atoms with Crippen molar-refractivity contribution in [3.8, 4) is 28.2 Å². The minimum atomic E-state index is 0.733. The molecule has 0 amide bonds. The molecule has 0 spiro atoms. The molecule has 7 heteroatoms. The minimum Gasteiger partial charge on any atom is -0.354 e. The van der Waals surface area contributed by atoms with Crippen LogP contribution in [0.25, 0.3) is 115 Å². The lowest BCUT2D eigenvalue weighted by molar-refractivity contribution is 1.18. The fourth-order valence-corrected chi connectivity index (χ4v) is 10.4. The maximum atomic E-state index is 6.45. The first-order valence-corrected chi connectivity index (χ1v) is 24.5. The number of aromatic amines is 1. The molecule has 0 saturated heterocycles. The van der Waals surface area contributed by atoms with E-state index in [0.29, 0.717) is 0 Å². The van der Waals surface area contributed by atoms with Crippen LogP contribution in [-0.2, 0) is 0 Å². The summed E-state index contributed by atoms with van der Waals surface area (Å²) in [5, 5.41) is 13.1. The summed E-state index contributed by atoms with van der Waals surface area (Å²) in [5.41, 5.74) is 11.8. The molecular formula is C62H39Cl2IN4. The van der Waals surface area contributed by atoms with Crippen LogP contribution in [0.5, 0.6) is 0 Å². The van der Waals surface area contributed by atoms with Crippen LogP contribution in [0, 0.1) is 3.57 Å². The molecule has 69 heavy (non-hydrogen) atoms. The number of hydrogen-bond donors (Lipinski definition) is 1. The standard InChI is InChI=1S/C31H19ClN2.C25H15ClN2.C6H5I/c32-21-15-16-29-26(17-21)27-18-28-25(19-30(27)34(29)22-11-5-2-6-12-22)23-13-7-8-14-24(23)31(33-28)20-9-3-1-4-10-20;26-16-10-11-22-19(12-16)21-14-24-20(13-23(21)27-22)17-8-4-5-9-18(17)25(28-24)15-6-2-1-3-7-15;7-6-4-2-1-3-5-6/h1-19H;1-14,27H;1-5H. The number of H-pyrrole nitrogens is 1. The molecule has 1 N–H and O–H groups in total. The maximum Gasteiger partial charge on any atom is 0.0788 e. The number of pyridine rings is 2. The number of fused-ring (bicyclic) bond motifs is 12. The van der Waals surface area contributed by atoms with E-state index >= 15 is 0 Å². The predicted molar refractivity (Wildman–Crippen MR) is 302 cm³/mol. The van der Waals surface area contributed by atoms with Crippen LogP contribution in [0.3, 0.4) is 0 Å². The smallest absolute Gasteiger partial charge is 0.0788 e. The predicted octanol–water partition coefficient (Wildman–Crippen LogP) is 18.4. The lowest BCUT2D eigenvalue weighted by atomic mass is 9.99. The van der Waals surface area contributed by atoms with Crippen molar-refractivity contribution in [1.82, 2.24) is 19.5 Å². The highest BCUT2D eigenvalue weighted by Crippen LogP contribution is 2.40. The number of hydrogen-bond acceptors (Lipinski definition) is 2. The van der Waals surface area contributed by atoms with E-state index in [1.165, 1.54) is 19.7 Å². The van der Waals surface area contributed by atoms with Gasteiger partial charge in [0, 0.05) is 84.6 Å². The number of halogens is 3. The highest BCUT2D eigenvalue weighted by molar-refractivity contribution is 14.1. The molecule has 14 aromatic rings. The van der Waals surface area contributed by atoms with Crippen molar-refractivity contribution in [2.24, 2.45) is 0 Å². The fourth-order valence-electron chi connectivity index (χ4n) is 9.66. The molecule has 0 aliphatic rings. The Kier molecular flexibility index (Phi) is 11.3. The number of aromatic nitrogens is 4. The molecule has 0 saturated carbocycles. The summed E-state index contributed by atoms with van der Waals surface area (Å²) in [7, 11) is 0. The Bertz CT molecular complexity index is 4210. The first kappa shape index (κ1) is 42.8. The maximum absolute atomic E-state index is 6.45. The largest absolute Gasteiger partial charge is 0.354 e. The summed E-state index contributed by atoms with van der Waals surface area (Å²) in [4.78, 5) is 13.8. The third kappa shape index (κ3) is 8.02. The van der Waals surface area contributed by atoms with Crippen molar-refractivity contribution in [3.05, 3.63) is 244 Å². The zero-order valence-corrected chi connectivity index (χ0v) is 40.6. The molecule has 0 fully saturated rings. The fraction of sp³-hybridized carbons (Fsp3) is 0. The van der Waals surface area contributed by atoms with E-state index in [4.69, 9.17) is 33.2 Å². The Hall–Kier alpha value is -7.55. The van der Waals surface area contributed by atoms with Crippen LogP contribution in [-0.4, -0.2) is 19.5 Å². The van der Waals surface area contributed by atoms with Crippen LogP contribution in [0.1, 0.15) is 0 Å². The van der Waals surface area contributed by atoms with Crippen LogP contribution >= 0.6 is 45.8 Å². The molecule has 0 radical (unpaired) electrons. The van der Waals surface area contributed by atoms with Gasteiger partial charge in [0.2, 0.25) is 0 Å². The highest BCUT2D eigenvalue weighted by Gasteiger charge is 2.18. The summed E-state index contributed by atoms with van der Waals surface area (Å²) >= 11 is 15.0. The summed E-state index contributed by atoms with van der Waals surface area (Å²) in [6.45, 7) is 0. The van der Waals surface area contributed by atoms with Gasteiger partial charge in [0.25, 0.3) is 0 Å². The normalized spacial score (nSPS) is 11.4. The van der Waals surface area contributed by atoms with Gasteiger partial charge in [0.1, 0.15) is 0 Å². The molecule has 0 unspecified atom stereocenters. The molecule has 0 bridgehead atoms. The average molecular weight is 1040 g/mol. The Labute approximate surface area is 421 Å². The molecule has 4 aromatic heterocycles. The SMILES string of the molecule is Clc1ccc2[nH]c3cc4c(cc3c2c1)nc(-c1ccccc1)c1ccccc14.Clc1ccc2c(c1)c1cc3nc(-c4ccccc4)c4ccccc4c3cc1n2-c1ccccc1.Ic1ccccc1. The molecule has 14 rings (SSSR count). The molecule has 0 aliphatic carbocycles. The molecular weight excluding hydrogens is 999 g/mol. The van der Waals surface area contributed by atoms with Crippen molar-refractivity contribution < 1.29 is 0 Å². The van der Waals surface area contributed by atoms with Crippen LogP contribution < -0.4 is 0 Å². The van der Waals surface area contributed by atoms with E-state index in [-0.39, 0.29) is 0 Å². The number of nitrogens with zero attached hydrogens (tertiary/aromatic N) is 3. The quantitative estimate of drug-likeness (QED) is 0.142. The van der Waals surface area contributed by atoms with Gasteiger partial charge in [-0.3, -0.25) is 0 Å². The van der Waals surface area contributed by atoms with Crippen LogP contribution in [0.15, 0.2) is 231 Å². The van der Waals surface area contributed by atoms with Gasteiger partial charge in [-0.25, -0.2) is 9.97 Å². The third-order valence-electron chi connectivity index (χ3n) is 12.8. The molecule has 4 heterocycles. The van der Waals surface area contributed by atoms with Gasteiger partial charge in [0.05, 0.1) is 33.5 Å². The van der Waals surface area contributed by atoms with E-state index < -0.39 is 0 Å². The first-order chi connectivity index (χ1) is 33.9. The van der Waals surface area contributed by atoms with Crippen molar-refractivity contribution in [3.63, 3.8) is 0 Å². The molecule has 328 valence electrons. The second-order valence-corrected chi connectivity index (χ2v) is 19.1. The monoisotopic (exact) mass is 1040 g/mol. The van der Waals surface area contributed by atoms with Gasteiger partial charge in [0.15, 0.2) is 0 Å². The first-order valence-electron chi connectivity index (χ1n) is 22.7. The van der Waals surface area contributed by atoms with E-state index in [0.717, 1.165) is 109 Å². The molecule has 4 nitrogen and oxygen atoms in total. The van der Waals surface area contributed by atoms with Crippen molar-refractivity contribution in [2.45, 2.75) is 0 Å². The lowest BCUT2D eigenvalue weighted by Gasteiger charge is -2.12. The highest BCUT2D eigenvalue weighted by atomic mass is 127.